The van der Waals surface area contributed by atoms with Gasteiger partial charge >= 0.3 is 6.09 Å². The first-order valence-electron chi connectivity index (χ1n) is 6.13. The smallest absolute Gasteiger partial charge is 0.411 e. The van der Waals surface area contributed by atoms with Gasteiger partial charge in [-0.15, -0.1) is 0 Å². The fraction of sp³-hybridized carbons (Fsp3) is 0.429. The minimum atomic E-state index is -0.897. The zero-order valence-electron chi connectivity index (χ0n) is 11.0. The van der Waals surface area contributed by atoms with E-state index in [1.165, 1.54) is 4.90 Å². The number of hydrogen-bond acceptors (Lipinski definition) is 2. The molecular formula is C14H18N2O2. The Morgan fingerprint density at radius 3 is 2.83 bits per heavy atom. The third-order valence-electron chi connectivity index (χ3n) is 3.37. The quantitative estimate of drug-likeness (QED) is 0.828. The number of rotatable bonds is 1. The first-order valence-corrected chi connectivity index (χ1v) is 6.13. The molecule has 0 radical (unpaired) electrons. The predicted molar refractivity (Wildman–Crippen MR) is 70.2 cm³/mol. The largest absolute Gasteiger partial charge is 0.465 e. The Bertz CT molecular complexity index is 509. The highest BCUT2D eigenvalue weighted by Crippen LogP contribution is 2.27. The maximum atomic E-state index is 11.3. The second kappa shape index (κ2) is 4.80. The van der Waals surface area contributed by atoms with Crippen LogP contribution in [0.2, 0.25) is 0 Å². The zero-order valence-corrected chi connectivity index (χ0v) is 11.0. The molecule has 0 aromatic carbocycles. The number of hydrogen-bond donors (Lipinski definition) is 1. The molecule has 0 aliphatic carbocycles. The van der Waals surface area contributed by atoms with Crippen molar-refractivity contribution in [1.29, 1.82) is 0 Å². The minimum Gasteiger partial charge on any atom is -0.465 e. The maximum Gasteiger partial charge on any atom is 0.411 e. The van der Waals surface area contributed by atoms with Gasteiger partial charge in [0, 0.05) is 24.0 Å². The third kappa shape index (κ3) is 2.37. The monoisotopic (exact) mass is 246 g/mol. The Kier molecular flexibility index (Phi) is 3.36. The Hall–Kier alpha value is -1.84. The average molecular weight is 246 g/mol. The van der Waals surface area contributed by atoms with Gasteiger partial charge in [-0.25, -0.2) is 4.79 Å². The van der Waals surface area contributed by atoms with E-state index in [-0.39, 0.29) is 0 Å². The fourth-order valence-corrected chi connectivity index (χ4v) is 2.15. The molecule has 0 bridgehead atoms. The number of aryl methyl sites for hydroxylation is 2. The van der Waals surface area contributed by atoms with Crippen molar-refractivity contribution >= 4 is 11.8 Å². The second-order valence-corrected chi connectivity index (χ2v) is 4.95. The van der Waals surface area contributed by atoms with Crippen molar-refractivity contribution < 1.29 is 9.90 Å². The lowest BCUT2D eigenvalue weighted by molar-refractivity contribution is 0.159. The summed E-state index contributed by atoms with van der Waals surface area (Å²) in [5.74, 6) is 0.365. The number of aromatic nitrogens is 1. The van der Waals surface area contributed by atoms with Crippen LogP contribution in [0.4, 0.5) is 4.79 Å². The normalized spacial score (nSPS) is 19.6. The van der Waals surface area contributed by atoms with Crippen molar-refractivity contribution in [3.63, 3.8) is 0 Å². The van der Waals surface area contributed by atoms with Crippen LogP contribution in [0.5, 0.6) is 0 Å². The van der Waals surface area contributed by atoms with Crippen LogP contribution in [0.15, 0.2) is 18.3 Å². The molecule has 2 heterocycles. The van der Waals surface area contributed by atoms with Gasteiger partial charge in [-0.1, -0.05) is 13.0 Å². The standard InChI is InChI=1S/C14H18N2O2/c1-9-4-5-13(16(8-9)14(17)18)12-6-10(2)11(3)15-7-12/h5-7,9H,4,8H2,1-3H3,(H,17,18). The second-order valence-electron chi connectivity index (χ2n) is 4.95. The van der Waals surface area contributed by atoms with E-state index in [2.05, 4.69) is 11.9 Å². The van der Waals surface area contributed by atoms with Gasteiger partial charge < -0.3 is 5.11 Å². The lowest BCUT2D eigenvalue weighted by Crippen LogP contribution is -2.34. The minimum absolute atomic E-state index is 0.365. The van der Waals surface area contributed by atoms with E-state index in [0.717, 1.165) is 28.9 Å². The summed E-state index contributed by atoms with van der Waals surface area (Å²) in [4.78, 5) is 17.0. The molecule has 4 heteroatoms. The molecular weight excluding hydrogens is 228 g/mol. The Labute approximate surface area is 107 Å². The van der Waals surface area contributed by atoms with E-state index in [4.69, 9.17) is 0 Å². The summed E-state index contributed by atoms with van der Waals surface area (Å²) >= 11 is 0. The molecule has 0 saturated carbocycles. The van der Waals surface area contributed by atoms with E-state index in [9.17, 15) is 9.90 Å². The lowest BCUT2D eigenvalue weighted by Gasteiger charge is -2.30. The Morgan fingerprint density at radius 1 is 1.50 bits per heavy atom. The van der Waals surface area contributed by atoms with E-state index < -0.39 is 6.09 Å². The van der Waals surface area contributed by atoms with E-state index in [1.807, 2.05) is 26.0 Å². The molecule has 2 rings (SSSR count). The van der Waals surface area contributed by atoms with Gasteiger partial charge in [-0.05, 0) is 37.8 Å². The van der Waals surface area contributed by atoms with Gasteiger partial charge in [-0.2, -0.15) is 0 Å². The summed E-state index contributed by atoms with van der Waals surface area (Å²) < 4.78 is 0. The Morgan fingerprint density at radius 2 is 2.22 bits per heavy atom. The zero-order chi connectivity index (χ0) is 13.3. The summed E-state index contributed by atoms with van der Waals surface area (Å²) in [6.07, 6.45) is 3.76. The molecule has 1 atom stereocenters. The maximum absolute atomic E-state index is 11.3. The molecule has 18 heavy (non-hydrogen) atoms. The van der Waals surface area contributed by atoms with Gasteiger partial charge in [0.05, 0.1) is 5.70 Å². The van der Waals surface area contributed by atoms with Crippen LogP contribution in [-0.2, 0) is 0 Å². The molecule has 4 nitrogen and oxygen atoms in total. The highest BCUT2D eigenvalue weighted by molar-refractivity contribution is 5.81. The first kappa shape index (κ1) is 12.6. The van der Waals surface area contributed by atoms with E-state index in [1.54, 1.807) is 6.20 Å². The topological polar surface area (TPSA) is 53.4 Å². The summed E-state index contributed by atoms with van der Waals surface area (Å²) in [7, 11) is 0. The van der Waals surface area contributed by atoms with Crippen molar-refractivity contribution in [3.05, 3.63) is 35.2 Å². The molecule has 1 aromatic heterocycles. The number of carbonyl (C=O) groups is 1. The van der Waals surface area contributed by atoms with Crippen LogP contribution < -0.4 is 0 Å². The van der Waals surface area contributed by atoms with Crippen molar-refractivity contribution in [1.82, 2.24) is 9.88 Å². The van der Waals surface area contributed by atoms with Crippen LogP contribution in [0.3, 0.4) is 0 Å². The fourth-order valence-electron chi connectivity index (χ4n) is 2.15. The van der Waals surface area contributed by atoms with E-state index >= 15 is 0 Å². The van der Waals surface area contributed by atoms with Crippen LogP contribution in [-0.4, -0.2) is 27.6 Å². The van der Waals surface area contributed by atoms with Crippen LogP contribution >= 0.6 is 0 Å². The van der Waals surface area contributed by atoms with Crippen molar-refractivity contribution in [2.45, 2.75) is 27.2 Å². The van der Waals surface area contributed by atoms with Gasteiger partial charge in [0.1, 0.15) is 0 Å². The van der Waals surface area contributed by atoms with Crippen LogP contribution in [0, 0.1) is 19.8 Å². The molecule has 0 saturated heterocycles. The molecule has 1 aliphatic heterocycles. The number of amides is 1. The number of allylic oxidation sites excluding steroid dienone is 1. The van der Waals surface area contributed by atoms with Crippen molar-refractivity contribution in [3.8, 4) is 0 Å². The van der Waals surface area contributed by atoms with Crippen molar-refractivity contribution in [2.24, 2.45) is 5.92 Å². The highest BCUT2D eigenvalue weighted by atomic mass is 16.4. The average Bonchev–Trinajstić information content (AvgIpc) is 2.32. The third-order valence-corrected chi connectivity index (χ3v) is 3.37. The molecule has 1 unspecified atom stereocenters. The first-order chi connectivity index (χ1) is 8.49. The molecule has 1 N–H and O–H groups in total. The van der Waals surface area contributed by atoms with Gasteiger partial charge in [0.25, 0.3) is 0 Å². The number of nitrogens with zero attached hydrogens (tertiary/aromatic N) is 2. The number of pyridine rings is 1. The van der Waals surface area contributed by atoms with Gasteiger partial charge in [0.2, 0.25) is 0 Å². The summed E-state index contributed by atoms with van der Waals surface area (Å²) in [5.41, 5.74) is 3.70. The lowest BCUT2D eigenvalue weighted by atomic mass is 9.98. The summed E-state index contributed by atoms with van der Waals surface area (Å²) in [6.45, 7) is 6.55. The van der Waals surface area contributed by atoms with Gasteiger partial charge in [0.15, 0.2) is 0 Å². The molecule has 1 aliphatic rings. The van der Waals surface area contributed by atoms with Gasteiger partial charge in [-0.3, -0.25) is 9.88 Å². The van der Waals surface area contributed by atoms with Crippen LogP contribution in [0.1, 0.15) is 30.2 Å². The summed E-state index contributed by atoms with van der Waals surface area (Å²) in [6, 6.07) is 2.00. The van der Waals surface area contributed by atoms with Crippen LogP contribution in [0.25, 0.3) is 5.70 Å². The SMILES string of the molecule is Cc1cc(C2=CCC(C)CN2C(=O)O)cnc1C. The molecule has 0 spiro atoms. The molecule has 1 amide bonds. The molecule has 0 fully saturated rings. The molecule has 96 valence electrons. The Balaban J connectivity index is 2.40. The summed E-state index contributed by atoms with van der Waals surface area (Å²) in [5, 5.41) is 9.28. The van der Waals surface area contributed by atoms with E-state index in [0.29, 0.717) is 12.5 Å². The molecule has 1 aromatic rings. The number of carboxylic acid groups (broad SMARTS) is 1. The van der Waals surface area contributed by atoms with Crippen molar-refractivity contribution in [2.75, 3.05) is 6.54 Å². The predicted octanol–water partition coefficient (Wildman–Crippen LogP) is 3.06. The highest BCUT2D eigenvalue weighted by Gasteiger charge is 2.24.